The first-order valence-corrected chi connectivity index (χ1v) is 11.4. The maximum atomic E-state index is 12.7. The van der Waals surface area contributed by atoms with Crippen molar-refractivity contribution in [2.75, 3.05) is 29.9 Å². The molecule has 3 amide bonds. The standard InChI is InChI=1S/C23H22N4O5S/c28-21(24-17-7-3-1-4-8-17)15-26-22(29)20(33-23(26)30)14-16-9-10-18(19(13-16)27(31)32)25-11-5-2-6-12-25/h1,3-4,7-10,13-14H,2,5-6,11-12,15H2,(H,24,28)/b20-14+. The van der Waals surface area contributed by atoms with Crippen LogP contribution < -0.4 is 10.2 Å². The van der Waals surface area contributed by atoms with Crippen molar-refractivity contribution in [1.82, 2.24) is 4.90 Å². The Morgan fingerprint density at radius 3 is 2.52 bits per heavy atom. The molecule has 0 aliphatic carbocycles. The van der Waals surface area contributed by atoms with Gasteiger partial charge in [-0.2, -0.15) is 0 Å². The average molecular weight is 467 g/mol. The van der Waals surface area contributed by atoms with Crippen LogP contribution in [0.2, 0.25) is 0 Å². The lowest BCUT2D eigenvalue weighted by molar-refractivity contribution is -0.384. The molecule has 0 saturated carbocycles. The molecule has 0 unspecified atom stereocenters. The quantitative estimate of drug-likeness (QED) is 0.384. The maximum Gasteiger partial charge on any atom is 0.294 e. The monoisotopic (exact) mass is 466 g/mol. The Morgan fingerprint density at radius 1 is 1.09 bits per heavy atom. The molecule has 4 rings (SSSR count). The van der Waals surface area contributed by atoms with Gasteiger partial charge in [0.05, 0.1) is 9.83 Å². The van der Waals surface area contributed by atoms with Gasteiger partial charge in [0.2, 0.25) is 5.91 Å². The van der Waals surface area contributed by atoms with Crippen LogP contribution in [0, 0.1) is 10.1 Å². The van der Waals surface area contributed by atoms with Crippen LogP contribution in [0.15, 0.2) is 53.4 Å². The van der Waals surface area contributed by atoms with Crippen LogP contribution in [-0.2, 0) is 9.59 Å². The Kier molecular flexibility index (Phi) is 6.74. The fourth-order valence-electron chi connectivity index (χ4n) is 3.83. The highest BCUT2D eigenvalue weighted by Crippen LogP contribution is 2.35. The van der Waals surface area contributed by atoms with Gasteiger partial charge in [-0.25, -0.2) is 0 Å². The van der Waals surface area contributed by atoms with Gasteiger partial charge in [0.25, 0.3) is 16.8 Å². The van der Waals surface area contributed by atoms with Crippen LogP contribution in [0.5, 0.6) is 0 Å². The average Bonchev–Trinajstić information content (AvgIpc) is 3.07. The fourth-order valence-corrected chi connectivity index (χ4v) is 4.67. The number of nitrogens with one attached hydrogen (secondary N) is 1. The third kappa shape index (κ3) is 5.23. The SMILES string of the molecule is O=C(CN1C(=O)S/C(=C/c2ccc(N3CCCCC3)c([N+](=O)[O-])c2)C1=O)Nc1ccccc1. The molecule has 0 atom stereocenters. The molecule has 0 aromatic heterocycles. The van der Waals surface area contributed by atoms with Crippen molar-refractivity contribution in [3.05, 3.63) is 69.1 Å². The van der Waals surface area contributed by atoms with Crippen molar-refractivity contribution < 1.29 is 19.3 Å². The van der Waals surface area contributed by atoms with E-state index >= 15 is 0 Å². The van der Waals surface area contributed by atoms with Gasteiger partial charge in [-0.1, -0.05) is 24.3 Å². The summed E-state index contributed by atoms with van der Waals surface area (Å²) in [5.74, 6) is -1.10. The molecule has 1 N–H and O–H groups in total. The van der Waals surface area contributed by atoms with E-state index in [0.29, 0.717) is 28.7 Å². The van der Waals surface area contributed by atoms with Crippen LogP contribution in [0.1, 0.15) is 24.8 Å². The van der Waals surface area contributed by atoms with Gasteiger partial charge in [-0.15, -0.1) is 0 Å². The third-order valence-corrected chi connectivity index (χ3v) is 6.33. The van der Waals surface area contributed by atoms with Crippen LogP contribution in [-0.4, -0.2) is 46.5 Å². The Morgan fingerprint density at radius 2 is 1.82 bits per heavy atom. The first kappa shape index (κ1) is 22.5. The van der Waals surface area contributed by atoms with Crippen molar-refractivity contribution in [1.29, 1.82) is 0 Å². The maximum absolute atomic E-state index is 12.7. The molecule has 2 fully saturated rings. The topological polar surface area (TPSA) is 113 Å². The number of benzene rings is 2. The lowest BCUT2D eigenvalue weighted by atomic mass is 10.1. The van der Waals surface area contributed by atoms with Gasteiger partial charge in [-0.3, -0.25) is 29.4 Å². The van der Waals surface area contributed by atoms with E-state index in [2.05, 4.69) is 5.32 Å². The normalized spacial score (nSPS) is 17.5. The van der Waals surface area contributed by atoms with E-state index in [-0.39, 0.29) is 10.6 Å². The van der Waals surface area contributed by atoms with Crippen molar-refractivity contribution in [2.24, 2.45) is 0 Å². The fraction of sp³-hybridized carbons (Fsp3) is 0.261. The van der Waals surface area contributed by atoms with Crippen molar-refractivity contribution in [3.63, 3.8) is 0 Å². The lowest BCUT2D eigenvalue weighted by Crippen LogP contribution is -2.36. The minimum atomic E-state index is -0.601. The van der Waals surface area contributed by atoms with Gasteiger partial charge in [-0.05, 0) is 60.9 Å². The third-order valence-electron chi connectivity index (χ3n) is 5.42. The molecular weight excluding hydrogens is 444 g/mol. The molecule has 33 heavy (non-hydrogen) atoms. The number of piperidine rings is 1. The predicted molar refractivity (Wildman–Crippen MR) is 127 cm³/mol. The number of anilines is 2. The number of hydrogen-bond acceptors (Lipinski definition) is 7. The van der Waals surface area contributed by atoms with Crippen molar-refractivity contribution in [3.8, 4) is 0 Å². The van der Waals surface area contributed by atoms with E-state index < -0.39 is 28.5 Å². The second-order valence-corrected chi connectivity index (χ2v) is 8.73. The van der Waals surface area contributed by atoms with Crippen LogP contribution in [0.25, 0.3) is 6.08 Å². The number of thioether (sulfide) groups is 1. The summed E-state index contributed by atoms with van der Waals surface area (Å²) in [6.45, 7) is 1.12. The number of rotatable bonds is 6. The smallest absolute Gasteiger partial charge is 0.294 e. The first-order valence-electron chi connectivity index (χ1n) is 10.6. The number of para-hydroxylation sites is 1. The number of nitro benzene ring substituents is 1. The molecule has 0 spiro atoms. The number of imide groups is 1. The summed E-state index contributed by atoms with van der Waals surface area (Å²) in [5.41, 5.74) is 1.53. The Hall–Kier alpha value is -3.66. The number of nitrogens with zero attached hydrogens (tertiary/aromatic N) is 3. The van der Waals surface area contributed by atoms with E-state index in [1.54, 1.807) is 42.5 Å². The second kappa shape index (κ2) is 9.86. The summed E-state index contributed by atoms with van der Waals surface area (Å²) in [4.78, 5) is 51.6. The predicted octanol–water partition coefficient (Wildman–Crippen LogP) is 4.26. The number of carbonyl (C=O) groups is 3. The molecule has 10 heteroatoms. The van der Waals surface area contributed by atoms with Gasteiger partial charge < -0.3 is 10.2 Å². The first-order chi connectivity index (χ1) is 15.9. The van der Waals surface area contributed by atoms with Crippen LogP contribution in [0.4, 0.5) is 21.9 Å². The number of hydrogen-bond donors (Lipinski definition) is 1. The zero-order valence-corrected chi connectivity index (χ0v) is 18.5. The molecule has 2 aromatic rings. The van der Waals surface area contributed by atoms with E-state index in [0.717, 1.165) is 37.3 Å². The molecule has 2 saturated heterocycles. The van der Waals surface area contributed by atoms with Crippen molar-refractivity contribution in [2.45, 2.75) is 19.3 Å². The molecular formula is C23H22N4O5S. The lowest BCUT2D eigenvalue weighted by Gasteiger charge is -2.28. The summed E-state index contributed by atoms with van der Waals surface area (Å²) >= 11 is 0.710. The zero-order valence-electron chi connectivity index (χ0n) is 17.7. The Labute approximate surface area is 194 Å². The molecule has 0 radical (unpaired) electrons. The highest BCUT2D eigenvalue weighted by Gasteiger charge is 2.36. The van der Waals surface area contributed by atoms with E-state index in [4.69, 9.17) is 0 Å². The molecule has 170 valence electrons. The number of nitro groups is 1. The molecule has 0 bridgehead atoms. The molecule has 9 nitrogen and oxygen atoms in total. The zero-order chi connectivity index (χ0) is 23.4. The van der Waals surface area contributed by atoms with Gasteiger partial charge >= 0.3 is 0 Å². The van der Waals surface area contributed by atoms with Crippen molar-refractivity contribution >= 4 is 52.0 Å². The number of carbonyl (C=O) groups excluding carboxylic acids is 3. The minimum Gasteiger partial charge on any atom is -0.366 e. The summed E-state index contributed by atoms with van der Waals surface area (Å²) in [6.07, 6.45) is 4.54. The van der Waals surface area contributed by atoms with E-state index in [1.165, 1.54) is 12.1 Å². The summed E-state index contributed by atoms with van der Waals surface area (Å²) in [7, 11) is 0. The van der Waals surface area contributed by atoms with Crippen LogP contribution >= 0.6 is 11.8 Å². The summed E-state index contributed by atoms with van der Waals surface area (Å²) in [5, 5.41) is 13.8. The highest BCUT2D eigenvalue weighted by molar-refractivity contribution is 8.18. The van der Waals surface area contributed by atoms with Gasteiger partial charge in [0, 0.05) is 24.8 Å². The Bertz CT molecular complexity index is 1130. The Balaban J connectivity index is 1.50. The molecule has 2 aromatic carbocycles. The molecule has 2 aliphatic rings. The second-order valence-electron chi connectivity index (χ2n) is 7.74. The summed E-state index contributed by atoms with van der Waals surface area (Å²) < 4.78 is 0. The summed E-state index contributed by atoms with van der Waals surface area (Å²) in [6, 6.07) is 13.5. The minimum absolute atomic E-state index is 0.0351. The van der Waals surface area contributed by atoms with Crippen LogP contribution in [0.3, 0.4) is 0 Å². The van der Waals surface area contributed by atoms with E-state index in [9.17, 15) is 24.5 Å². The largest absolute Gasteiger partial charge is 0.366 e. The molecule has 2 heterocycles. The van der Waals surface area contributed by atoms with E-state index in [1.807, 2.05) is 4.90 Å². The van der Waals surface area contributed by atoms with Gasteiger partial charge in [0.15, 0.2) is 0 Å². The van der Waals surface area contributed by atoms with Gasteiger partial charge in [0.1, 0.15) is 12.2 Å². The highest BCUT2D eigenvalue weighted by atomic mass is 32.2. The molecule has 2 aliphatic heterocycles. The number of amides is 3.